The maximum Gasteiger partial charge on any atom is 0.189 e. The minimum atomic E-state index is 0. The lowest BCUT2D eigenvalue weighted by Gasteiger charge is -2.27. The lowest BCUT2D eigenvalue weighted by atomic mass is 10.0. The van der Waals surface area contributed by atoms with Gasteiger partial charge in [-0.2, -0.15) is 0 Å². The summed E-state index contributed by atoms with van der Waals surface area (Å²) < 4.78 is 11.1. The van der Waals surface area contributed by atoms with Crippen molar-refractivity contribution in [3.63, 3.8) is 0 Å². The lowest BCUT2D eigenvalue weighted by molar-refractivity contribution is 0.0582. The Balaban J connectivity index is 0.00000176. The quantitative estimate of drug-likeness (QED) is 0.451. The number of benzene rings is 1. The van der Waals surface area contributed by atoms with Crippen LogP contribution in [-0.4, -0.2) is 32.3 Å². The first kappa shape index (κ1) is 17.3. The molecule has 0 aliphatic carbocycles. The maximum absolute atomic E-state index is 6.04. The maximum atomic E-state index is 6.04. The van der Waals surface area contributed by atoms with Gasteiger partial charge in [0.15, 0.2) is 5.96 Å². The second-order valence-corrected chi connectivity index (χ2v) is 5.68. The van der Waals surface area contributed by atoms with Gasteiger partial charge in [-0.05, 0) is 18.9 Å². The van der Waals surface area contributed by atoms with Gasteiger partial charge in [0.25, 0.3) is 0 Å². The topological polar surface area (TPSA) is 68.9 Å². The molecule has 1 aromatic rings. The standard InChI is InChI=1S/C16H23N3O2.HI/c17-16(18-10-12-4-3-8-20-11-12)19-14-7-9-21-15-6-2-1-5-13(14)15;/h1-2,5-6,12,14H,3-4,7-11H2,(H3,17,18,19);1H. The van der Waals surface area contributed by atoms with Crippen molar-refractivity contribution in [2.45, 2.75) is 25.3 Å². The number of para-hydroxylation sites is 1. The fourth-order valence-electron chi connectivity index (χ4n) is 2.90. The molecule has 2 aliphatic heterocycles. The molecule has 22 heavy (non-hydrogen) atoms. The largest absolute Gasteiger partial charge is 0.493 e. The van der Waals surface area contributed by atoms with E-state index in [9.17, 15) is 0 Å². The zero-order chi connectivity index (χ0) is 14.5. The number of aliphatic imine (C=N–C) groups is 1. The van der Waals surface area contributed by atoms with Crippen LogP contribution < -0.4 is 15.8 Å². The third kappa shape index (κ3) is 4.49. The van der Waals surface area contributed by atoms with Crippen LogP contribution >= 0.6 is 24.0 Å². The van der Waals surface area contributed by atoms with Crippen molar-refractivity contribution in [3.8, 4) is 5.75 Å². The van der Waals surface area contributed by atoms with Crippen LogP contribution in [0.4, 0.5) is 0 Å². The van der Waals surface area contributed by atoms with Gasteiger partial charge in [0.05, 0.1) is 19.3 Å². The van der Waals surface area contributed by atoms with E-state index in [1.54, 1.807) is 0 Å². The normalized spacial score (nSPS) is 24.6. The number of nitrogens with two attached hydrogens (primary N) is 1. The molecule has 3 N–H and O–H groups in total. The number of rotatable bonds is 3. The molecule has 122 valence electrons. The predicted octanol–water partition coefficient (Wildman–Crippen LogP) is 2.46. The summed E-state index contributed by atoms with van der Waals surface area (Å²) in [6, 6.07) is 8.27. The molecule has 0 bridgehead atoms. The number of nitrogens with one attached hydrogen (secondary N) is 1. The van der Waals surface area contributed by atoms with E-state index in [1.807, 2.05) is 18.2 Å². The monoisotopic (exact) mass is 417 g/mol. The minimum absolute atomic E-state index is 0. The highest BCUT2D eigenvalue weighted by Gasteiger charge is 2.21. The van der Waals surface area contributed by atoms with E-state index >= 15 is 0 Å². The molecule has 2 heterocycles. The van der Waals surface area contributed by atoms with Crippen LogP contribution in [0.2, 0.25) is 0 Å². The molecule has 2 unspecified atom stereocenters. The van der Waals surface area contributed by atoms with Crippen molar-refractivity contribution in [2.24, 2.45) is 16.6 Å². The van der Waals surface area contributed by atoms with Gasteiger partial charge in [-0.25, -0.2) is 0 Å². The van der Waals surface area contributed by atoms with Crippen LogP contribution in [0, 0.1) is 5.92 Å². The van der Waals surface area contributed by atoms with E-state index in [0.717, 1.165) is 43.9 Å². The summed E-state index contributed by atoms with van der Waals surface area (Å²) in [6.07, 6.45) is 3.21. The first-order valence-corrected chi connectivity index (χ1v) is 7.69. The van der Waals surface area contributed by atoms with Crippen LogP contribution in [0.1, 0.15) is 30.9 Å². The average Bonchev–Trinajstić information content (AvgIpc) is 2.54. The van der Waals surface area contributed by atoms with E-state index < -0.39 is 0 Å². The molecule has 2 aliphatic rings. The third-order valence-electron chi connectivity index (χ3n) is 4.06. The Morgan fingerprint density at radius 1 is 1.27 bits per heavy atom. The number of ether oxygens (including phenoxy) is 2. The van der Waals surface area contributed by atoms with Crippen molar-refractivity contribution >= 4 is 29.9 Å². The van der Waals surface area contributed by atoms with Gasteiger partial charge in [-0.1, -0.05) is 18.2 Å². The summed E-state index contributed by atoms with van der Waals surface area (Å²) in [4.78, 5) is 4.48. The molecule has 0 amide bonds. The third-order valence-corrected chi connectivity index (χ3v) is 4.06. The molecular formula is C16H24IN3O2. The molecule has 5 nitrogen and oxygen atoms in total. The van der Waals surface area contributed by atoms with Crippen LogP contribution in [0.25, 0.3) is 0 Å². The van der Waals surface area contributed by atoms with Gasteiger partial charge >= 0.3 is 0 Å². The van der Waals surface area contributed by atoms with Crippen LogP contribution in [0.5, 0.6) is 5.75 Å². The van der Waals surface area contributed by atoms with Crippen LogP contribution in [0.3, 0.4) is 0 Å². The Bertz CT molecular complexity index is 504. The highest BCUT2D eigenvalue weighted by Crippen LogP contribution is 2.31. The first-order valence-electron chi connectivity index (χ1n) is 7.69. The fraction of sp³-hybridized carbons (Fsp3) is 0.562. The number of halogens is 1. The number of nitrogens with zero attached hydrogens (tertiary/aromatic N) is 1. The lowest BCUT2D eigenvalue weighted by Crippen LogP contribution is -2.38. The highest BCUT2D eigenvalue weighted by molar-refractivity contribution is 14.0. The smallest absolute Gasteiger partial charge is 0.189 e. The number of fused-ring (bicyclic) bond motifs is 1. The SMILES string of the molecule is I.NC(=NCC1CCCOC1)NC1CCOc2ccccc21. The zero-order valence-corrected chi connectivity index (χ0v) is 15.0. The number of hydrogen-bond donors (Lipinski definition) is 2. The number of hydrogen-bond acceptors (Lipinski definition) is 3. The first-order chi connectivity index (χ1) is 10.3. The molecule has 1 saturated heterocycles. The molecule has 1 fully saturated rings. The van der Waals surface area contributed by atoms with Crippen molar-refractivity contribution in [3.05, 3.63) is 29.8 Å². The summed E-state index contributed by atoms with van der Waals surface area (Å²) in [6.45, 7) is 3.13. The van der Waals surface area contributed by atoms with Gasteiger partial charge in [0.1, 0.15) is 5.75 Å². The van der Waals surface area contributed by atoms with Crippen molar-refractivity contribution in [1.29, 1.82) is 0 Å². The van der Waals surface area contributed by atoms with Gasteiger partial charge in [-0.3, -0.25) is 4.99 Å². The van der Waals surface area contributed by atoms with E-state index in [4.69, 9.17) is 15.2 Å². The molecule has 3 rings (SSSR count). The molecule has 6 heteroatoms. The Labute approximate surface area is 148 Å². The Kier molecular flexibility index (Phi) is 6.75. The van der Waals surface area contributed by atoms with E-state index in [0.29, 0.717) is 18.5 Å². The van der Waals surface area contributed by atoms with Crippen molar-refractivity contribution in [1.82, 2.24) is 5.32 Å². The van der Waals surface area contributed by atoms with Gasteiger partial charge in [0.2, 0.25) is 0 Å². The van der Waals surface area contributed by atoms with Crippen molar-refractivity contribution < 1.29 is 9.47 Å². The second kappa shape index (κ2) is 8.57. The molecule has 0 spiro atoms. The summed E-state index contributed by atoms with van der Waals surface area (Å²) in [7, 11) is 0. The minimum Gasteiger partial charge on any atom is -0.493 e. The van der Waals surface area contributed by atoms with Gasteiger partial charge < -0.3 is 20.5 Å². The molecule has 1 aromatic carbocycles. The van der Waals surface area contributed by atoms with Gasteiger partial charge in [-0.15, -0.1) is 24.0 Å². The Morgan fingerprint density at radius 3 is 2.95 bits per heavy atom. The van der Waals surface area contributed by atoms with E-state index in [1.165, 1.54) is 6.42 Å². The highest BCUT2D eigenvalue weighted by atomic mass is 127. The molecular weight excluding hydrogens is 393 g/mol. The molecule has 2 atom stereocenters. The molecule has 0 saturated carbocycles. The second-order valence-electron chi connectivity index (χ2n) is 5.68. The Hall–Kier alpha value is -1.02. The summed E-state index contributed by atoms with van der Waals surface area (Å²) >= 11 is 0. The van der Waals surface area contributed by atoms with Gasteiger partial charge in [0, 0.05) is 31.1 Å². The summed E-state index contributed by atoms with van der Waals surface area (Å²) in [5.41, 5.74) is 7.19. The average molecular weight is 417 g/mol. The zero-order valence-electron chi connectivity index (χ0n) is 12.7. The van der Waals surface area contributed by atoms with E-state index in [2.05, 4.69) is 16.4 Å². The molecule has 0 radical (unpaired) electrons. The van der Waals surface area contributed by atoms with Crippen LogP contribution in [-0.2, 0) is 4.74 Å². The van der Waals surface area contributed by atoms with Crippen LogP contribution in [0.15, 0.2) is 29.3 Å². The predicted molar refractivity (Wildman–Crippen MR) is 97.9 cm³/mol. The number of guanidine groups is 1. The van der Waals surface area contributed by atoms with E-state index in [-0.39, 0.29) is 30.0 Å². The molecule has 0 aromatic heterocycles. The van der Waals surface area contributed by atoms with Crippen molar-refractivity contribution in [2.75, 3.05) is 26.4 Å². The summed E-state index contributed by atoms with van der Waals surface area (Å²) in [5, 5.41) is 3.32. The Morgan fingerprint density at radius 2 is 2.14 bits per heavy atom. The fourth-order valence-corrected chi connectivity index (χ4v) is 2.90. The summed E-state index contributed by atoms with van der Waals surface area (Å²) in [5.74, 6) is 1.96.